The average Bonchev–Trinajstić information content (AvgIpc) is 2.35. The van der Waals surface area contributed by atoms with Crippen LogP contribution in [0.4, 0.5) is 0 Å². The van der Waals surface area contributed by atoms with Crippen LogP contribution < -0.4 is 0 Å². The van der Waals surface area contributed by atoms with E-state index in [0.717, 1.165) is 19.8 Å². The molecule has 17 heavy (non-hydrogen) atoms. The molecule has 2 nitrogen and oxygen atoms in total. The molecule has 0 amide bonds. The monoisotopic (exact) mass is 260 g/mol. The first-order valence-corrected chi connectivity index (χ1v) is 9.15. The van der Waals surface area contributed by atoms with Crippen molar-refractivity contribution in [2.24, 2.45) is 0 Å². The van der Waals surface area contributed by atoms with Crippen LogP contribution in [0.2, 0.25) is 6.04 Å². The topological polar surface area (TPSA) is 18.5 Å². The van der Waals surface area contributed by atoms with Crippen LogP contribution in [0.5, 0.6) is 0 Å². The summed E-state index contributed by atoms with van der Waals surface area (Å²) in [7, 11) is -0.244. The van der Waals surface area contributed by atoms with Crippen molar-refractivity contribution in [3.8, 4) is 0 Å². The van der Waals surface area contributed by atoms with E-state index < -0.39 is 0 Å². The van der Waals surface area contributed by atoms with Crippen molar-refractivity contribution in [2.75, 3.05) is 19.8 Å². The molecule has 0 radical (unpaired) electrons. The van der Waals surface area contributed by atoms with Crippen molar-refractivity contribution in [2.45, 2.75) is 71.3 Å². The third kappa shape index (κ3) is 16.1. The minimum atomic E-state index is -0.244. The molecule has 0 atom stereocenters. The van der Waals surface area contributed by atoms with Crippen molar-refractivity contribution < 1.29 is 9.16 Å². The summed E-state index contributed by atoms with van der Waals surface area (Å²) in [6.45, 7) is 6.70. The Hall–Kier alpha value is 0.137. The van der Waals surface area contributed by atoms with Gasteiger partial charge in [-0.1, -0.05) is 58.3 Å². The molecule has 0 spiro atoms. The molecule has 0 aromatic rings. The van der Waals surface area contributed by atoms with E-state index in [0.29, 0.717) is 0 Å². The second-order valence-electron chi connectivity index (χ2n) is 4.64. The third-order valence-corrected chi connectivity index (χ3v) is 4.33. The molecular weight excluding hydrogens is 228 g/mol. The minimum absolute atomic E-state index is 0.244. The van der Waals surface area contributed by atoms with Crippen LogP contribution in [0.1, 0.15) is 65.2 Å². The van der Waals surface area contributed by atoms with Gasteiger partial charge in [0.15, 0.2) is 9.76 Å². The first kappa shape index (κ1) is 17.1. The lowest BCUT2D eigenvalue weighted by Crippen LogP contribution is -2.06. The quantitative estimate of drug-likeness (QED) is 0.350. The number of ether oxygens (including phenoxy) is 1. The van der Waals surface area contributed by atoms with Gasteiger partial charge in [0, 0.05) is 6.61 Å². The smallest absolute Gasteiger partial charge is 0.161 e. The molecule has 0 aromatic heterocycles. The van der Waals surface area contributed by atoms with Crippen LogP contribution >= 0.6 is 0 Å². The van der Waals surface area contributed by atoms with Crippen molar-refractivity contribution in [1.29, 1.82) is 0 Å². The van der Waals surface area contributed by atoms with E-state index in [1.54, 1.807) is 0 Å². The first-order chi connectivity index (χ1) is 8.41. The molecule has 3 heteroatoms. The Labute approximate surface area is 110 Å². The van der Waals surface area contributed by atoms with Crippen LogP contribution in [0.3, 0.4) is 0 Å². The fraction of sp³-hybridized carbons (Fsp3) is 1.00. The molecule has 0 aliphatic rings. The van der Waals surface area contributed by atoms with E-state index in [1.807, 2.05) is 6.92 Å². The molecule has 0 saturated heterocycles. The molecule has 104 valence electrons. The van der Waals surface area contributed by atoms with Crippen LogP contribution in [-0.4, -0.2) is 29.6 Å². The summed E-state index contributed by atoms with van der Waals surface area (Å²) in [6, 6.07) is 1.35. The maximum Gasteiger partial charge on any atom is 0.161 e. The highest BCUT2D eigenvalue weighted by Crippen LogP contribution is 2.09. The van der Waals surface area contributed by atoms with Gasteiger partial charge in [0.1, 0.15) is 0 Å². The summed E-state index contributed by atoms with van der Waals surface area (Å²) in [5.74, 6) is 0. The fourth-order valence-electron chi connectivity index (χ4n) is 1.88. The molecule has 0 bridgehead atoms. The lowest BCUT2D eigenvalue weighted by atomic mass is 10.1. The van der Waals surface area contributed by atoms with Gasteiger partial charge in [-0.3, -0.25) is 0 Å². The zero-order valence-electron chi connectivity index (χ0n) is 12.0. The highest BCUT2D eigenvalue weighted by atomic mass is 28.2. The van der Waals surface area contributed by atoms with E-state index in [2.05, 4.69) is 6.92 Å². The number of hydrogen-bond donors (Lipinski definition) is 0. The van der Waals surface area contributed by atoms with E-state index >= 15 is 0 Å². The Balaban J connectivity index is 2.85. The van der Waals surface area contributed by atoms with Gasteiger partial charge in [0.25, 0.3) is 0 Å². The van der Waals surface area contributed by atoms with Gasteiger partial charge in [0.05, 0.1) is 13.2 Å². The predicted molar refractivity (Wildman–Crippen MR) is 78.4 cm³/mol. The second kappa shape index (κ2) is 16.1. The largest absolute Gasteiger partial charge is 0.422 e. The lowest BCUT2D eigenvalue weighted by molar-refractivity contribution is 0.112. The van der Waals surface area contributed by atoms with Crippen molar-refractivity contribution in [3.63, 3.8) is 0 Å². The van der Waals surface area contributed by atoms with Crippen LogP contribution in [-0.2, 0) is 9.16 Å². The molecule has 0 aliphatic heterocycles. The molecule has 0 rings (SSSR count). The van der Waals surface area contributed by atoms with Gasteiger partial charge >= 0.3 is 0 Å². The number of unbranched alkanes of at least 4 members (excludes halogenated alkanes) is 7. The zero-order valence-corrected chi connectivity index (χ0v) is 13.4. The standard InChI is InChI=1S/C14H32O2Si/c1-3-5-6-7-8-9-10-11-14-17-16-13-12-15-4-2/h3-14,17H2,1-2H3. The number of rotatable bonds is 14. The van der Waals surface area contributed by atoms with Gasteiger partial charge in [0.2, 0.25) is 0 Å². The lowest BCUT2D eigenvalue weighted by Gasteiger charge is -2.04. The SMILES string of the molecule is CCCCCCCCCC[SiH2]OCCOCC. The molecular formula is C14H32O2Si. The maximum absolute atomic E-state index is 5.61. The van der Waals surface area contributed by atoms with Crippen molar-refractivity contribution >= 4 is 9.76 Å². The van der Waals surface area contributed by atoms with Gasteiger partial charge in [-0.2, -0.15) is 0 Å². The third-order valence-electron chi connectivity index (χ3n) is 2.97. The van der Waals surface area contributed by atoms with E-state index in [1.165, 1.54) is 57.4 Å². The van der Waals surface area contributed by atoms with E-state index in [9.17, 15) is 0 Å². The van der Waals surface area contributed by atoms with Gasteiger partial charge in [-0.05, 0) is 13.0 Å². The molecule has 0 aromatic carbocycles. The normalized spacial score (nSPS) is 11.6. The van der Waals surface area contributed by atoms with Gasteiger partial charge < -0.3 is 9.16 Å². The van der Waals surface area contributed by atoms with Crippen LogP contribution in [0, 0.1) is 0 Å². The summed E-state index contributed by atoms with van der Waals surface area (Å²) < 4.78 is 10.8. The Morgan fingerprint density at radius 3 is 2.06 bits per heavy atom. The Morgan fingerprint density at radius 1 is 0.765 bits per heavy atom. The van der Waals surface area contributed by atoms with Crippen LogP contribution in [0.15, 0.2) is 0 Å². The van der Waals surface area contributed by atoms with Gasteiger partial charge in [-0.25, -0.2) is 0 Å². The second-order valence-corrected chi connectivity index (χ2v) is 6.16. The average molecular weight is 260 g/mol. The van der Waals surface area contributed by atoms with E-state index in [-0.39, 0.29) is 9.76 Å². The first-order valence-electron chi connectivity index (χ1n) is 7.57. The van der Waals surface area contributed by atoms with Gasteiger partial charge in [-0.15, -0.1) is 0 Å². The Bertz CT molecular complexity index is 117. The maximum atomic E-state index is 5.61. The predicted octanol–water partition coefficient (Wildman–Crippen LogP) is 3.68. The molecule has 0 unspecified atom stereocenters. The zero-order chi connectivity index (χ0) is 12.6. The summed E-state index contributed by atoms with van der Waals surface area (Å²) in [5.41, 5.74) is 0. The molecule has 0 N–H and O–H groups in total. The van der Waals surface area contributed by atoms with Crippen LogP contribution in [0.25, 0.3) is 0 Å². The molecule has 0 heterocycles. The summed E-state index contributed by atoms with van der Waals surface area (Å²) in [5, 5.41) is 0. The fourth-order valence-corrected chi connectivity index (χ4v) is 2.96. The van der Waals surface area contributed by atoms with E-state index in [4.69, 9.17) is 9.16 Å². The van der Waals surface area contributed by atoms with Crippen molar-refractivity contribution in [3.05, 3.63) is 0 Å². The Morgan fingerprint density at radius 2 is 1.41 bits per heavy atom. The molecule has 0 aliphatic carbocycles. The highest BCUT2D eigenvalue weighted by molar-refractivity contribution is 6.26. The summed E-state index contributed by atoms with van der Waals surface area (Å²) in [6.07, 6.45) is 11.3. The molecule has 0 fully saturated rings. The number of hydrogen-bond acceptors (Lipinski definition) is 2. The summed E-state index contributed by atoms with van der Waals surface area (Å²) in [4.78, 5) is 0. The summed E-state index contributed by atoms with van der Waals surface area (Å²) >= 11 is 0. The molecule has 0 saturated carbocycles. The highest BCUT2D eigenvalue weighted by Gasteiger charge is 1.93. The Kier molecular flexibility index (Phi) is 16.3. The van der Waals surface area contributed by atoms with Crippen molar-refractivity contribution in [1.82, 2.24) is 0 Å². The minimum Gasteiger partial charge on any atom is -0.422 e.